The SMILES string of the molecule is Cc1ccccc1CN1C(=O)C2C(NC3N(c4cccc(Cl)c4)CCCN23)N(C)C1=O. The Bertz CT molecular complexity index is 1030. The Morgan fingerprint density at radius 2 is 1.90 bits per heavy atom. The molecule has 162 valence electrons. The molecule has 2 aromatic carbocycles. The van der Waals surface area contributed by atoms with Gasteiger partial charge in [0.25, 0.3) is 5.91 Å². The normalized spacial score (nSPS) is 26.3. The van der Waals surface area contributed by atoms with E-state index in [4.69, 9.17) is 11.6 Å². The average molecular weight is 440 g/mol. The largest absolute Gasteiger partial charge is 0.343 e. The first-order chi connectivity index (χ1) is 15.0. The predicted molar refractivity (Wildman–Crippen MR) is 120 cm³/mol. The molecule has 31 heavy (non-hydrogen) atoms. The monoisotopic (exact) mass is 439 g/mol. The zero-order valence-electron chi connectivity index (χ0n) is 17.7. The standard InChI is InChI=1S/C23H26ClN5O2/c1-15-7-3-4-8-16(15)14-29-21(30)19-20(26(2)23(29)31)25-22-27(11-6-12-28(19)22)18-10-5-9-17(24)13-18/h3-5,7-10,13,19-20,22,25H,6,11-12,14H2,1-2H3. The van der Waals surface area contributed by atoms with Gasteiger partial charge in [0.2, 0.25) is 0 Å². The summed E-state index contributed by atoms with van der Waals surface area (Å²) in [6, 6.07) is 14.9. The van der Waals surface area contributed by atoms with Crippen molar-refractivity contribution in [2.24, 2.45) is 0 Å². The molecule has 0 bridgehead atoms. The molecule has 3 heterocycles. The summed E-state index contributed by atoms with van der Waals surface area (Å²) in [4.78, 5) is 34.2. The Balaban J connectivity index is 1.45. The third kappa shape index (κ3) is 3.37. The number of hydrogen-bond donors (Lipinski definition) is 1. The summed E-state index contributed by atoms with van der Waals surface area (Å²) >= 11 is 6.23. The molecule has 3 saturated heterocycles. The van der Waals surface area contributed by atoms with Gasteiger partial charge in [0, 0.05) is 30.8 Å². The number of benzene rings is 2. The molecule has 3 fully saturated rings. The number of fused-ring (bicyclic) bond motifs is 3. The highest BCUT2D eigenvalue weighted by Gasteiger charge is 2.56. The van der Waals surface area contributed by atoms with Gasteiger partial charge < -0.3 is 9.80 Å². The average Bonchev–Trinajstić information content (AvgIpc) is 3.16. The number of halogens is 1. The van der Waals surface area contributed by atoms with Crippen molar-refractivity contribution in [1.29, 1.82) is 0 Å². The summed E-state index contributed by atoms with van der Waals surface area (Å²) in [7, 11) is 1.77. The molecule has 3 aliphatic heterocycles. The molecule has 0 saturated carbocycles. The van der Waals surface area contributed by atoms with Crippen LogP contribution in [0.5, 0.6) is 0 Å². The predicted octanol–water partition coefficient (Wildman–Crippen LogP) is 2.84. The van der Waals surface area contributed by atoms with Crippen LogP contribution in [0.4, 0.5) is 10.5 Å². The van der Waals surface area contributed by atoms with Crippen molar-refractivity contribution in [3.05, 3.63) is 64.7 Å². The second-order valence-electron chi connectivity index (χ2n) is 8.44. The highest BCUT2D eigenvalue weighted by atomic mass is 35.5. The van der Waals surface area contributed by atoms with Gasteiger partial charge in [-0.05, 0) is 42.7 Å². The number of carbonyl (C=O) groups is 2. The van der Waals surface area contributed by atoms with Crippen LogP contribution in [-0.2, 0) is 11.3 Å². The third-order valence-corrected chi connectivity index (χ3v) is 6.83. The van der Waals surface area contributed by atoms with E-state index in [-0.39, 0.29) is 30.9 Å². The number of urea groups is 1. The number of nitrogens with zero attached hydrogens (tertiary/aromatic N) is 4. The van der Waals surface area contributed by atoms with Crippen LogP contribution < -0.4 is 10.2 Å². The van der Waals surface area contributed by atoms with Crippen molar-refractivity contribution >= 4 is 29.2 Å². The first-order valence-electron chi connectivity index (χ1n) is 10.6. The molecule has 3 aliphatic rings. The van der Waals surface area contributed by atoms with Gasteiger partial charge in [0.05, 0.1) is 6.54 Å². The van der Waals surface area contributed by atoms with Gasteiger partial charge >= 0.3 is 6.03 Å². The Hall–Kier alpha value is -2.61. The topological polar surface area (TPSA) is 59.1 Å². The highest BCUT2D eigenvalue weighted by molar-refractivity contribution is 6.30. The number of anilines is 1. The minimum atomic E-state index is -0.418. The van der Waals surface area contributed by atoms with Crippen molar-refractivity contribution < 1.29 is 9.59 Å². The third-order valence-electron chi connectivity index (χ3n) is 6.60. The summed E-state index contributed by atoms with van der Waals surface area (Å²) in [5, 5.41) is 4.21. The maximum absolute atomic E-state index is 13.6. The molecule has 0 aromatic heterocycles. The van der Waals surface area contributed by atoms with E-state index >= 15 is 0 Å². The lowest BCUT2D eigenvalue weighted by atomic mass is 10.1. The lowest BCUT2D eigenvalue weighted by Crippen LogP contribution is -2.66. The van der Waals surface area contributed by atoms with E-state index in [9.17, 15) is 9.59 Å². The highest BCUT2D eigenvalue weighted by Crippen LogP contribution is 2.34. The van der Waals surface area contributed by atoms with E-state index in [1.807, 2.05) is 55.5 Å². The lowest BCUT2D eigenvalue weighted by Gasteiger charge is -2.44. The molecule has 3 amide bonds. The van der Waals surface area contributed by atoms with E-state index in [0.29, 0.717) is 5.02 Å². The molecule has 0 radical (unpaired) electrons. The van der Waals surface area contributed by atoms with Crippen molar-refractivity contribution in [3.63, 3.8) is 0 Å². The van der Waals surface area contributed by atoms with Crippen LogP contribution in [0.15, 0.2) is 48.5 Å². The molecule has 2 aromatic rings. The van der Waals surface area contributed by atoms with E-state index in [1.165, 1.54) is 4.90 Å². The molecule has 8 heteroatoms. The number of carbonyl (C=O) groups excluding carboxylic acids is 2. The molecule has 7 nitrogen and oxygen atoms in total. The van der Waals surface area contributed by atoms with E-state index in [2.05, 4.69) is 15.1 Å². The quantitative estimate of drug-likeness (QED) is 0.797. The number of nitrogens with one attached hydrogen (secondary N) is 1. The van der Waals surface area contributed by atoms with Gasteiger partial charge in [-0.3, -0.25) is 19.9 Å². The number of amides is 3. The maximum atomic E-state index is 13.6. The Morgan fingerprint density at radius 1 is 1.10 bits per heavy atom. The Kier molecular flexibility index (Phi) is 5.12. The van der Waals surface area contributed by atoms with Crippen LogP contribution in [-0.4, -0.2) is 65.3 Å². The van der Waals surface area contributed by atoms with Crippen LogP contribution in [0.25, 0.3) is 0 Å². The second-order valence-corrected chi connectivity index (χ2v) is 8.88. The molecule has 1 N–H and O–H groups in total. The maximum Gasteiger partial charge on any atom is 0.328 e. The summed E-state index contributed by atoms with van der Waals surface area (Å²) in [6.07, 6.45) is 0.397. The summed E-state index contributed by atoms with van der Waals surface area (Å²) < 4.78 is 0. The fraction of sp³-hybridized carbons (Fsp3) is 0.391. The zero-order chi connectivity index (χ0) is 21.7. The number of rotatable bonds is 3. The van der Waals surface area contributed by atoms with E-state index in [1.54, 1.807) is 11.9 Å². The van der Waals surface area contributed by atoms with Crippen LogP contribution in [0.1, 0.15) is 17.5 Å². The molecule has 0 spiro atoms. The zero-order valence-corrected chi connectivity index (χ0v) is 18.4. The number of imide groups is 1. The van der Waals surface area contributed by atoms with Gasteiger partial charge in [-0.1, -0.05) is 41.9 Å². The minimum absolute atomic E-state index is 0.140. The number of hydrogen-bond acceptors (Lipinski definition) is 5. The van der Waals surface area contributed by atoms with Crippen LogP contribution >= 0.6 is 11.6 Å². The first kappa shape index (κ1) is 20.3. The minimum Gasteiger partial charge on any atom is -0.343 e. The van der Waals surface area contributed by atoms with Crippen LogP contribution in [0, 0.1) is 6.92 Å². The summed E-state index contributed by atoms with van der Waals surface area (Å²) in [5.74, 6) is -0.140. The fourth-order valence-electron chi connectivity index (χ4n) is 4.94. The van der Waals surface area contributed by atoms with E-state index < -0.39 is 6.04 Å². The van der Waals surface area contributed by atoms with Gasteiger partial charge in [0.15, 0.2) is 0 Å². The van der Waals surface area contributed by atoms with Crippen LogP contribution in [0.3, 0.4) is 0 Å². The Labute approximate surface area is 187 Å². The molecule has 0 aliphatic carbocycles. The van der Waals surface area contributed by atoms with Gasteiger partial charge in [-0.25, -0.2) is 4.79 Å². The molecular weight excluding hydrogens is 414 g/mol. The first-order valence-corrected chi connectivity index (χ1v) is 11.0. The van der Waals surface area contributed by atoms with Crippen molar-refractivity contribution in [2.75, 3.05) is 25.0 Å². The Morgan fingerprint density at radius 3 is 2.68 bits per heavy atom. The summed E-state index contributed by atoms with van der Waals surface area (Å²) in [6.45, 7) is 3.93. The second kappa shape index (κ2) is 7.82. The fourth-order valence-corrected chi connectivity index (χ4v) is 5.13. The van der Waals surface area contributed by atoms with Crippen molar-refractivity contribution in [2.45, 2.75) is 38.4 Å². The van der Waals surface area contributed by atoms with Crippen molar-refractivity contribution in [1.82, 2.24) is 20.0 Å². The smallest absolute Gasteiger partial charge is 0.328 e. The van der Waals surface area contributed by atoms with Crippen LogP contribution in [0.2, 0.25) is 5.02 Å². The molecular formula is C23H26ClN5O2. The lowest BCUT2D eigenvalue weighted by molar-refractivity contribution is -0.139. The molecule has 3 unspecified atom stereocenters. The van der Waals surface area contributed by atoms with Gasteiger partial charge in [0.1, 0.15) is 18.5 Å². The number of likely N-dealkylation sites (N-methyl/N-ethyl adjacent to an activating group) is 1. The summed E-state index contributed by atoms with van der Waals surface area (Å²) in [5.41, 5.74) is 3.06. The molecule has 3 atom stereocenters. The number of aryl methyl sites for hydroxylation is 1. The van der Waals surface area contributed by atoms with Gasteiger partial charge in [-0.2, -0.15) is 0 Å². The van der Waals surface area contributed by atoms with Crippen molar-refractivity contribution in [3.8, 4) is 0 Å². The molecule has 5 rings (SSSR count). The van der Waals surface area contributed by atoms with E-state index in [0.717, 1.165) is 36.3 Å². The van der Waals surface area contributed by atoms with Gasteiger partial charge in [-0.15, -0.1) is 0 Å².